The minimum Gasteiger partial charge on any atom is -0.373 e. The predicted octanol–water partition coefficient (Wildman–Crippen LogP) is 3.30. The van der Waals surface area contributed by atoms with Crippen LogP contribution in [0, 0.1) is 0 Å². The number of carbonyl (C=O) groups excluding carboxylic acids is 2. The predicted molar refractivity (Wildman–Crippen MR) is 86.8 cm³/mol. The zero-order chi connectivity index (χ0) is 18.8. The smallest absolute Gasteiger partial charge is 0.373 e. The normalized spacial score (nSPS) is 13.8. The van der Waals surface area contributed by atoms with Crippen LogP contribution in [0.25, 0.3) is 0 Å². The van der Waals surface area contributed by atoms with E-state index in [2.05, 4.69) is 10.3 Å². The topological polar surface area (TPSA) is 91.3 Å². The maximum atomic E-state index is 12.6. The molecule has 1 aromatic heterocycles. The monoisotopic (exact) mass is 393 g/mol. The Morgan fingerprint density at radius 2 is 1.96 bits per heavy atom. The first-order chi connectivity index (χ1) is 11.5. The summed E-state index contributed by atoms with van der Waals surface area (Å²) < 4.78 is 37.9. The second-order valence-electron chi connectivity index (χ2n) is 5.01. The van der Waals surface area contributed by atoms with Gasteiger partial charge in [0.1, 0.15) is 0 Å². The van der Waals surface area contributed by atoms with Gasteiger partial charge in [0.05, 0.1) is 10.7 Å². The maximum absolute atomic E-state index is 12.6. The Balaban J connectivity index is 2.14. The van der Waals surface area contributed by atoms with Crippen molar-refractivity contribution in [2.75, 3.05) is 10.6 Å². The Morgan fingerprint density at radius 1 is 1.28 bits per heavy atom. The van der Waals surface area contributed by atoms with Crippen molar-refractivity contribution < 1.29 is 27.9 Å². The highest BCUT2D eigenvalue weighted by molar-refractivity contribution is 7.13. The first-order valence-corrected chi connectivity index (χ1v) is 7.89. The molecule has 6 nitrogen and oxygen atoms in total. The molecular formula is C14H11ClF3N3O3S. The number of anilines is 2. The van der Waals surface area contributed by atoms with Crippen LogP contribution in [0.1, 0.15) is 17.3 Å². The summed E-state index contributed by atoms with van der Waals surface area (Å²) in [5.41, 5.74) is -3.65. The van der Waals surface area contributed by atoms with Crippen LogP contribution in [0.2, 0.25) is 5.02 Å². The fourth-order valence-corrected chi connectivity index (χ4v) is 2.34. The molecule has 2 aromatic rings. The lowest BCUT2D eigenvalue weighted by Gasteiger charge is -2.25. The van der Waals surface area contributed by atoms with Crippen LogP contribution in [-0.2, 0) is 4.79 Å². The van der Waals surface area contributed by atoms with Crippen molar-refractivity contribution in [2.24, 2.45) is 0 Å². The lowest BCUT2D eigenvalue weighted by atomic mass is 10.1. The zero-order valence-corrected chi connectivity index (χ0v) is 14.1. The lowest BCUT2D eigenvalue weighted by molar-refractivity contribution is -0.242. The summed E-state index contributed by atoms with van der Waals surface area (Å²) in [5.74, 6) is -2.22. The van der Waals surface area contributed by atoms with Gasteiger partial charge in [-0.05, 0) is 25.1 Å². The van der Waals surface area contributed by atoms with Gasteiger partial charge in [0.15, 0.2) is 5.13 Å². The Kier molecular flexibility index (Phi) is 5.35. The molecule has 2 amide bonds. The molecule has 0 spiro atoms. The molecule has 1 aromatic carbocycles. The van der Waals surface area contributed by atoms with E-state index in [4.69, 9.17) is 11.6 Å². The second kappa shape index (κ2) is 6.98. The van der Waals surface area contributed by atoms with Crippen LogP contribution < -0.4 is 10.6 Å². The highest BCUT2D eigenvalue weighted by atomic mass is 35.5. The van der Waals surface area contributed by atoms with Crippen LogP contribution in [0.4, 0.5) is 24.0 Å². The third-order valence-electron chi connectivity index (χ3n) is 3.13. The number of benzene rings is 1. The number of amides is 2. The van der Waals surface area contributed by atoms with Crippen LogP contribution >= 0.6 is 22.9 Å². The molecule has 0 aliphatic rings. The molecule has 0 aliphatic heterocycles. The van der Waals surface area contributed by atoms with E-state index in [-0.39, 0.29) is 16.3 Å². The summed E-state index contributed by atoms with van der Waals surface area (Å²) in [5, 5.41) is 15.6. The van der Waals surface area contributed by atoms with Gasteiger partial charge in [-0.1, -0.05) is 11.6 Å². The summed E-state index contributed by atoms with van der Waals surface area (Å²) in [4.78, 5) is 27.5. The third kappa shape index (κ3) is 4.27. The first kappa shape index (κ1) is 19.2. The minimum absolute atomic E-state index is 0.112. The van der Waals surface area contributed by atoms with Crippen LogP contribution in [0.5, 0.6) is 0 Å². The molecule has 0 saturated heterocycles. The average Bonchev–Trinajstić information content (AvgIpc) is 3.00. The number of alkyl halides is 3. The van der Waals surface area contributed by atoms with Gasteiger partial charge in [-0.3, -0.25) is 14.9 Å². The zero-order valence-electron chi connectivity index (χ0n) is 12.5. The molecule has 1 unspecified atom stereocenters. The van der Waals surface area contributed by atoms with E-state index in [0.717, 1.165) is 6.07 Å². The van der Waals surface area contributed by atoms with E-state index in [0.29, 0.717) is 12.1 Å². The van der Waals surface area contributed by atoms with Gasteiger partial charge < -0.3 is 10.4 Å². The van der Waals surface area contributed by atoms with E-state index in [1.165, 1.54) is 29.7 Å². The molecule has 3 N–H and O–H groups in total. The SMILES string of the molecule is CC(O)(C(=O)Nc1ccc(C(=O)Nc2nccs2)cc1Cl)C(F)(F)F. The molecule has 0 radical (unpaired) electrons. The number of nitrogens with one attached hydrogen (secondary N) is 2. The number of nitrogens with zero attached hydrogens (tertiary/aromatic N) is 1. The van der Waals surface area contributed by atoms with Crippen molar-refractivity contribution in [3.63, 3.8) is 0 Å². The number of hydrogen-bond donors (Lipinski definition) is 3. The van der Waals surface area contributed by atoms with E-state index in [9.17, 15) is 27.9 Å². The fourth-order valence-electron chi connectivity index (χ4n) is 1.58. The molecule has 0 saturated carbocycles. The van der Waals surface area contributed by atoms with Gasteiger partial charge in [-0.2, -0.15) is 13.2 Å². The number of thiazole rings is 1. The number of aliphatic hydroxyl groups is 1. The summed E-state index contributed by atoms with van der Waals surface area (Å²) in [6.07, 6.45) is -3.66. The van der Waals surface area contributed by atoms with Crippen molar-refractivity contribution in [3.05, 3.63) is 40.4 Å². The molecule has 0 bridgehead atoms. The molecule has 2 rings (SSSR count). The van der Waals surface area contributed by atoms with E-state index >= 15 is 0 Å². The Bertz CT molecular complexity index is 794. The molecule has 25 heavy (non-hydrogen) atoms. The summed E-state index contributed by atoms with van der Waals surface area (Å²) in [6.45, 7) is 0.325. The van der Waals surface area contributed by atoms with E-state index in [1.807, 2.05) is 5.32 Å². The van der Waals surface area contributed by atoms with Crippen LogP contribution in [0.15, 0.2) is 29.8 Å². The molecule has 11 heteroatoms. The van der Waals surface area contributed by atoms with E-state index in [1.54, 1.807) is 5.38 Å². The average molecular weight is 394 g/mol. The van der Waals surface area contributed by atoms with Crippen LogP contribution in [0.3, 0.4) is 0 Å². The van der Waals surface area contributed by atoms with E-state index < -0.39 is 23.6 Å². The number of aromatic nitrogens is 1. The quantitative estimate of drug-likeness (QED) is 0.743. The molecule has 1 atom stereocenters. The van der Waals surface area contributed by atoms with Gasteiger partial charge in [0.25, 0.3) is 11.8 Å². The molecule has 134 valence electrons. The fraction of sp³-hybridized carbons (Fsp3) is 0.214. The Labute approximate surface area is 148 Å². The van der Waals surface area contributed by atoms with Crippen molar-refractivity contribution in [1.82, 2.24) is 4.98 Å². The molecule has 1 heterocycles. The van der Waals surface area contributed by atoms with Crippen molar-refractivity contribution in [3.8, 4) is 0 Å². The second-order valence-corrected chi connectivity index (χ2v) is 6.31. The van der Waals surface area contributed by atoms with Gasteiger partial charge in [-0.15, -0.1) is 11.3 Å². The maximum Gasteiger partial charge on any atom is 0.426 e. The Hall–Kier alpha value is -2.17. The minimum atomic E-state index is -5.16. The van der Waals surface area contributed by atoms with Gasteiger partial charge >= 0.3 is 6.18 Å². The summed E-state index contributed by atoms with van der Waals surface area (Å²) in [6, 6.07) is 3.58. The highest BCUT2D eigenvalue weighted by Crippen LogP contribution is 2.32. The number of carbonyl (C=O) groups is 2. The van der Waals surface area contributed by atoms with Gasteiger partial charge in [0.2, 0.25) is 5.60 Å². The third-order valence-corrected chi connectivity index (χ3v) is 4.13. The molecule has 0 aliphatic carbocycles. The molecular weight excluding hydrogens is 383 g/mol. The Morgan fingerprint density at radius 3 is 2.48 bits per heavy atom. The number of halogens is 4. The largest absolute Gasteiger partial charge is 0.426 e. The highest BCUT2D eigenvalue weighted by Gasteiger charge is 2.55. The standard InChI is InChI=1S/C14H11ClF3N3O3S/c1-13(24,14(16,17)18)11(23)20-9-3-2-7(6-8(9)15)10(22)21-12-19-4-5-25-12/h2-6,24H,1H3,(H,20,23)(H,19,21,22). The van der Waals surface area contributed by atoms with Crippen molar-refractivity contribution in [2.45, 2.75) is 18.7 Å². The van der Waals surface area contributed by atoms with Gasteiger partial charge in [0, 0.05) is 17.1 Å². The number of rotatable bonds is 4. The van der Waals surface area contributed by atoms with Crippen molar-refractivity contribution >= 4 is 45.6 Å². The lowest BCUT2D eigenvalue weighted by Crippen LogP contribution is -2.52. The molecule has 0 fully saturated rings. The van der Waals surface area contributed by atoms with Gasteiger partial charge in [-0.25, -0.2) is 4.98 Å². The summed E-state index contributed by atoms with van der Waals surface area (Å²) >= 11 is 7.09. The van der Waals surface area contributed by atoms with Crippen LogP contribution in [-0.4, -0.2) is 33.7 Å². The first-order valence-electron chi connectivity index (χ1n) is 6.63. The van der Waals surface area contributed by atoms with Crippen molar-refractivity contribution in [1.29, 1.82) is 0 Å². The summed E-state index contributed by atoms with van der Waals surface area (Å²) in [7, 11) is 0. The number of hydrogen-bond acceptors (Lipinski definition) is 5.